The topological polar surface area (TPSA) is 88.1 Å². The molecule has 6 heteroatoms. The van der Waals surface area contributed by atoms with Crippen molar-refractivity contribution >= 4 is 27.8 Å². The van der Waals surface area contributed by atoms with E-state index in [0.717, 1.165) is 21.8 Å². The number of aliphatic hydroxyl groups is 1. The Balaban J connectivity index is 2.16. The van der Waals surface area contributed by atoms with Gasteiger partial charge in [0.25, 0.3) is 0 Å². The highest BCUT2D eigenvalue weighted by Gasteiger charge is 2.33. The molecule has 0 spiro atoms. The molecule has 2 aromatic heterocycles. The van der Waals surface area contributed by atoms with Crippen LogP contribution in [0.15, 0.2) is 30.3 Å². The lowest BCUT2D eigenvalue weighted by Gasteiger charge is -2.25. The molecule has 0 fully saturated rings. The number of aliphatic hydroxyl groups excluding tert-OH is 1. The molecule has 4 rings (SSSR count). The lowest BCUT2D eigenvalue weighted by Crippen LogP contribution is -2.25. The highest BCUT2D eigenvalue weighted by atomic mass is 16.5. The molecule has 0 radical (unpaired) electrons. The fourth-order valence-corrected chi connectivity index (χ4v) is 3.31. The summed E-state index contributed by atoms with van der Waals surface area (Å²) >= 11 is 0. The van der Waals surface area contributed by atoms with Gasteiger partial charge in [0.2, 0.25) is 0 Å². The Hall–Kier alpha value is -2.91. The van der Waals surface area contributed by atoms with Crippen molar-refractivity contribution in [2.24, 2.45) is 5.92 Å². The molecule has 1 N–H and O–H groups in total. The van der Waals surface area contributed by atoms with Gasteiger partial charge in [0.15, 0.2) is 0 Å². The second-order valence-electron chi connectivity index (χ2n) is 5.59. The second-order valence-corrected chi connectivity index (χ2v) is 5.59. The van der Waals surface area contributed by atoms with E-state index in [1.165, 1.54) is 7.11 Å². The third-order valence-electron chi connectivity index (χ3n) is 4.38. The van der Waals surface area contributed by atoms with E-state index in [1.54, 1.807) is 6.07 Å². The van der Waals surface area contributed by atoms with Gasteiger partial charge in [0.05, 0.1) is 30.3 Å². The molecular weight excluding hydrogens is 294 g/mol. The first kappa shape index (κ1) is 13.7. The Labute approximate surface area is 131 Å². The number of carbonyl (C=O) groups excluding carboxylic acids is 1. The summed E-state index contributed by atoms with van der Waals surface area (Å²) in [6.07, 6.45) is -1.02. The Morgan fingerprint density at radius 1 is 1.43 bits per heavy atom. The Morgan fingerprint density at radius 2 is 2.22 bits per heavy atom. The Bertz CT molecular complexity index is 1000. The zero-order valence-corrected chi connectivity index (χ0v) is 12.4. The number of nitrogens with zero attached hydrogens (tertiary/aromatic N) is 3. The maximum Gasteiger partial charge on any atom is 0.356 e. The van der Waals surface area contributed by atoms with Crippen molar-refractivity contribution in [3.63, 3.8) is 0 Å². The highest BCUT2D eigenvalue weighted by molar-refractivity contribution is 6.10. The number of carbonyl (C=O) groups is 1. The number of rotatable bonds is 1. The summed E-state index contributed by atoms with van der Waals surface area (Å²) in [6.45, 7) is 0.397. The molecular formula is C17H13N3O3. The number of methoxy groups -OCH3 is 1. The van der Waals surface area contributed by atoms with Crippen molar-refractivity contribution in [1.29, 1.82) is 5.26 Å². The molecule has 1 aliphatic rings. The van der Waals surface area contributed by atoms with E-state index in [9.17, 15) is 15.2 Å². The van der Waals surface area contributed by atoms with Crippen LogP contribution in [0, 0.1) is 17.2 Å². The van der Waals surface area contributed by atoms with E-state index in [-0.39, 0.29) is 5.69 Å². The van der Waals surface area contributed by atoms with E-state index < -0.39 is 18.0 Å². The standard InChI is InChI=1S/C17H13N3O3/c1-23-17(22)12-6-11-10-4-2-3-5-13(10)20-8-9(7-18)16(21)14(19-12)15(11)20/h2-6,9,16,21H,8H2,1H3. The monoisotopic (exact) mass is 307 g/mol. The molecule has 0 saturated carbocycles. The number of pyridine rings is 1. The summed E-state index contributed by atoms with van der Waals surface area (Å²) in [6, 6.07) is 11.6. The third kappa shape index (κ3) is 1.77. The van der Waals surface area contributed by atoms with Crippen molar-refractivity contribution in [2.75, 3.05) is 7.11 Å². The Kier molecular flexibility index (Phi) is 2.86. The number of nitriles is 1. The number of benzene rings is 1. The summed E-state index contributed by atoms with van der Waals surface area (Å²) in [5.74, 6) is -1.17. The van der Waals surface area contributed by atoms with Crippen LogP contribution in [0.1, 0.15) is 22.3 Å². The van der Waals surface area contributed by atoms with Crippen LogP contribution in [0.2, 0.25) is 0 Å². The van der Waals surface area contributed by atoms with Crippen molar-refractivity contribution in [2.45, 2.75) is 12.6 Å². The number of ether oxygens (including phenoxy) is 1. The molecule has 3 aromatic rings. The predicted molar refractivity (Wildman–Crippen MR) is 82.6 cm³/mol. The molecule has 114 valence electrons. The molecule has 0 saturated heterocycles. The second kappa shape index (κ2) is 4.80. The van der Waals surface area contributed by atoms with Gasteiger partial charge in [-0.3, -0.25) is 0 Å². The number of fused-ring (bicyclic) bond motifs is 3. The van der Waals surface area contributed by atoms with Gasteiger partial charge in [0, 0.05) is 22.8 Å². The van der Waals surface area contributed by atoms with Crippen LogP contribution in [0.4, 0.5) is 0 Å². The van der Waals surface area contributed by atoms with Crippen LogP contribution >= 0.6 is 0 Å². The zero-order chi connectivity index (χ0) is 16.1. The van der Waals surface area contributed by atoms with Crippen LogP contribution in [0.5, 0.6) is 0 Å². The fourth-order valence-electron chi connectivity index (χ4n) is 3.31. The lowest BCUT2D eigenvalue weighted by molar-refractivity contribution is 0.0592. The van der Waals surface area contributed by atoms with E-state index in [4.69, 9.17) is 4.74 Å². The normalized spacial score (nSPS) is 19.7. The molecule has 1 aliphatic heterocycles. The average Bonchev–Trinajstić information content (AvgIpc) is 2.91. The largest absolute Gasteiger partial charge is 0.464 e. The number of para-hydroxylation sites is 1. The van der Waals surface area contributed by atoms with Crippen LogP contribution in [-0.2, 0) is 11.3 Å². The predicted octanol–water partition coefficient (Wildman–Crippen LogP) is 2.16. The molecule has 3 heterocycles. The quantitative estimate of drug-likeness (QED) is 0.696. The van der Waals surface area contributed by atoms with Crippen molar-refractivity contribution in [3.8, 4) is 6.07 Å². The van der Waals surface area contributed by atoms with Gasteiger partial charge < -0.3 is 14.4 Å². The molecule has 0 bridgehead atoms. The van der Waals surface area contributed by atoms with Gasteiger partial charge in [-0.05, 0) is 12.1 Å². The summed E-state index contributed by atoms with van der Waals surface area (Å²) in [4.78, 5) is 16.2. The molecule has 6 nitrogen and oxygen atoms in total. The van der Waals surface area contributed by atoms with Gasteiger partial charge in [-0.25, -0.2) is 9.78 Å². The van der Waals surface area contributed by atoms with E-state index in [0.29, 0.717) is 12.2 Å². The molecule has 2 atom stereocenters. The summed E-state index contributed by atoms with van der Waals surface area (Å²) < 4.78 is 6.75. The van der Waals surface area contributed by atoms with Crippen molar-refractivity contribution in [3.05, 3.63) is 41.7 Å². The zero-order valence-electron chi connectivity index (χ0n) is 12.4. The number of aromatic nitrogens is 2. The van der Waals surface area contributed by atoms with Gasteiger partial charge in [0.1, 0.15) is 11.8 Å². The molecule has 1 aromatic carbocycles. The van der Waals surface area contributed by atoms with Crippen LogP contribution in [0.3, 0.4) is 0 Å². The smallest absolute Gasteiger partial charge is 0.356 e. The number of hydrogen-bond acceptors (Lipinski definition) is 5. The van der Waals surface area contributed by atoms with Crippen LogP contribution in [-0.4, -0.2) is 27.7 Å². The van der Waals surface area contributed by atoms with E-state index in [1.807, 2.05) is 28.8 Å². The summed E-state index contributed by atoms with van der Waals surface area (Å²) in [5, 5.41) is 21.6. The SMILES string of the molecule is COC(=O)c1cc2c3ccccc3n3c2c(n1)C(O)C(C#N)C3. The molecule has 2 unspecified atom stereocenters. The van der Waals surface area contributed by atoms with Gasteiger partial charge >= 0.3 is 5.97 Å². The highest BCUT2D eigenvalue weighted by Crippen LogP contribution is 2.39. The first-order valence-corrected chi connectivity index (χ1v) is 7.23. The van der Waals surface area contributed by atoms with Crippen molar-refractivity contribution in [1.82, 2.24) is 9.55 Å². The summed E-state index contributed by atoms with van der Waals surface area (Å²) in [5.41, 5.74) is 2.23. The van der Waals surface area contributed by atoms with Gasteiger partial charge in [-0.2, -0.15) is 5.26 Å². The van der Waals surface area contributed by atoms with Crippen molar-refractivity contribution < 1.29 is 14.6 Å². The minimum Gasteiger partial charge on any atom is -0.464 e. The fraction of sp³-hybridized carbons (Fsp3) is 0.235. The first-order chi connectivity index (χ1) is 11.2. The first-order valence-electron chi connectivity index (χ1n) is 7.23. The number of esters is 1. The lowest BCUT2D eigenvalue weighted by atomic mass is 9.96. The van der Waals surface area contributed by atoms with Gasteiger partial charge in [-0.1, -0.05) is 18.2 Å². The van der Waals surface area contributed by atoms with Crippen LogP contribution < -0.4 is 0 Å². The minimum absolute atomic E-state index is 0.135. The molecule has 0 amide bonds. The number of hydrogen-bond donors (Lipinski definition) is 1. The maximum absolute atomic E-state index is 11.9. The van der Waals surface area contributed by atoms with E-state index >= 15 is 0 Å². The van der Waals surface area contributed by atoms with Gasteiger partial charge in [-0.15, -0.1) is 0 Å². The molecule has 0 aliphatic carbocycles. The maximum atomic E-state index is 11.9. The van der Waals surface area contributed by atoms with Crippen LogP contribution in [0.25, 0.3) is 21.8 Å². The minimum atomic E-state index is -1.02. The molecule has 23 heavy (non-hydrogen) atoms. The third-order valence-corrected chi connectivity index (χ3v) is 4.38. The summed E-state index contributed by atoms with van der Waals surface area (Å²) in [7, 11) is 1.29. The van der Waals surface area contributed by atoms with E-state index in [2.05, 4.69) is 11.1 Å². The Morgan fingerprint density at radius 3 is 2.96 bits per heavy atom. The average molecular weight is 307 g/mol.